The van der Waals surface area contributed by atoms with Gasteiger partial charge in [-0.1, -0.05) is 18.2 Å². The summed E-state index contributed by atoms with van der Waals surface area (Å²) >= 11 is 0. The Hall–Kier alpha value is -1.92. The molecule has 0 aromatic carbocycles. The second-order valence-corrected chi connectivity index (χ2v) is 3.96. The molecule has 0 aromatic rings. The second kappa shape index (κ2) is 11.9. The van der Waals surface area contributed by atoms with Gasteiger partial charge in [0.15, 0.2) is 0 Å². The SMILES string of the molecule is C=CCOC[C@H](/C=C/C(OC(C)=O)OC(C)=O)OCC=C. The predicted molar refractivity (Wildman–Crippen MR) is 77.4 cm³/mol. The molecule has 0 aliphatic carbocycles. The largest absolute Gasteiger partial charge is 0.421 e. The van der Waals surface area contributed by atoms with Crippen LogP contribution < -0.4 is 0 Å². The summed E-state index contributed by atoms with van der Waals surface area (Å²) in [4.78, 5) is 21.9. The van der Waals surface area contributed by atoms with E-state index in [1.165, 1.54) is 19.9 Å². The zero-order valence-electron chi connectivity index (χ0n) is 12.4. The third-order valence-electron chi connectivity index (χ3n) is 1.99. The lowest BCUT2D eigenvalue weighted by Gasteiger charge is -2.16. The molecule has 0 spiro atoms. The zero-order valence-corrected chi connectivity index (χ0v) is 12.4. The fraction of sp³-hybridized carbons (Fsp3) is 0.467. The van der Waals surface area contributed by atoms with Crippen molar-refractivity contribution in [1.29, 1.82) is 0 Å². The van der Waals surface area contributed by atoms with Gasteiger partial charge in [0.05, 0.1) is 25.9 Å². The Bertz CT molecular complexity index is 358. The quantitative estimate of drug-likeness (QED) is 0.250. The highest BCUT2D eigenvalue weighted by Crippen LogP contribution is 2.03. The Morgan fingerprint density at radius 2 is 1.57 bits per heavy atom. The molecule has 0 rings (SSSR count). The molecular formula is C15H22O6. The topological polar surface area (TPSA) is 71.1 Å². The van der Waals surface area contributed by atoms with E-state index in [1.54, 1.807) is 18.2 Å². The molecule has 0 saturated heterocycles. The van der Waals surface area contributed by atoms with Crippen LogP contribution in [0, 0.1) is 0 Å². The van der Waals surface area contributed by atoms with E-state index in [4.69, 9.17) is 18.9 Å². The maximum absolute atomic E-state index is 10.9. The summed E-state index contributed by atoms with van der Waals surface area (Å²) in [5.41, 5.74) is 0. The molecule has 0 heterocycles. The van der Waals surface area contributed by atoms with E-state index in [0.717, 1.165) is 0 Å². The van der Waals surface area contributed by atoms with Crippen molar-refractivity contribution in [2.75, 3.05) is 19.8 Å². The normalized spacial score (nSPS) is 12.1. The number of esters is 2. The van der Waals surface area contributed by atoms with Crippen LogP contribution in [0.25, 0.3) is 0 Å². The standard InChI is InChI=1S/C15H22O6/c1-5-9-18-11-14(19-10-6-2)7-8-15(20-12(3)16)21-13(4)17/h5-8,14-15H,1-2,9-11H2,3-4H3/b8-7+/t14-/m0/s1. The van der Waals surface area contributed by atoms with E-state index in [2.05, 4.69) is 13.2 Å². The van der Waals surface area contributed by atoms with Crippen LogP contribution in [0.5, 0.6) is 0 Å². The molecule has 1 atom stereocenters. The third-order valence-corrected chi connectivity index (χ3v) is 1.99. The molecule has 0 radical (unpaired) electrons. The summed E-state index contributed by atoms with van der Waals surface area (Å²) in [5, 5.41) is 0. The van der Waals surface area contributed by atoms with Crippen LogP contribution in [0.2, 0.25) is 0 Å². The summed E-state index contributed by atoms with van der Waals surface area (Å²) in [6.45, 7) is 10.6. The van der Waals surface area contributed by atoms with Crippen molar-refractivity contribution in [3.8, 4) is 0 Å². The molecule has 21 heavy (non-hydrogen) atoms. The van der Waals surface area contributed by atoms with Crippen molar-refractivity contribution in [2.24, 2.45) is 0 Å². The van der Waals surface area contributed by atoms with Crippen LogP contribution in [-0.2, 0) is 28.5 Å². The Labute approximate surface area is 125 Å². The first-order chi connectivity index (χ1) is 9.99. The van der Waals surface area contributed by atoms with Crippen LogP contribution in [0.15, 0.2) is 37.5 Å². The number of hydrogen-bond acceptors (Lipinski definition) is 6. The van der Waals surface area contributed by atoms with Gasteiger partial charge in [-0.25, -0.2) is 0 Å². The highest BCUT2D eigenvalue weighted by Gasteiger charge is 2.13. The van der Waals surface area contributed by atoms with E-state index in [9.17, 15) is 9.59 Å². The predicted octanol–water partition coefficient (Wildman–Crippen LogP) is 1.77. The Balaban J connectivity index is 4.61. The van der Waals surface area contributed by atoms with Crippen molar-refractivity contribution in [1.82, 2.24) is 0 Å². The Kier molecular flexibility index (Phi) is 10.8. The summed E-state index contributed by atoms with van der Waals surface area (Å²) < 4.78 is 20.4. The van der Waals surface area contributed by atoms with Gasteiger partial charge in [0.2, 0.25) is 0 Å². The molecule has 6 nitrogen and oxygen atoms in total. The first-order valence-corrected chi connectivity index (χ1v) is 6.43. The van der Waals surface area contributed by atoms with Gasteiger partial charge in [-0.15, -0.1) is 13.2 Å². The minimum Gasteiger partial charge on any atom is -0.421 e. The van der Waals surface area contributed by atoms with Crippen LogP contribution in [0.4, 0.5) is 0 Å². The number of carbonyl (C=O) groups is 2. The molecule has 0 N–H and O–H groups in total. The lowest BCUT2D eigenvalue weighted by molar-refractivity contribution is -0.176. The van der Waals surface area contributed by atoms with Crippen molar-refractivity contribution in [3.63, 3.8) is 0 Å². The van der Waals surface area contributed by atoms with Gasteiger partial charge < -0.3 is 18.9 Å². The second-order valence-electron chi connectivity index (χ2n) is 3.96. The number of carbonyl (C=O) groups excluding carboxylic acids is 2. The molecular weight excluding hydrogens is 276 g/mol. The first-order valence-electron chi connectivity index (χ1n) is 6.43. The highest BCUT2D eigenvalue weighted by atomic mass is 16.7. The molecule has 0 aromatic heterocycles. The molecule has 6 heteroatoms. The van der Waals surface area contributed by atoms with Gasteiger partial charge in [-0.05, 0) is 6.08 Å². The summed E-state index contributed by atoms with van der Waals surface area (Å²) in [5.74, 6) is -1.12. The first kappa shape index (κ1) is 19.1. The third kappa shape index (κ3) is 11.6. The van der Waals surface area contributed by atoms with Crippen molar-refractivity contribution < 1.29 is 28.5 Å². The van der Waals surface area contributed by atoms with E-state index in [0.29, 0.717) is 13.2 Å². The van der Waals surface area contributed by atoms with E-state index in [1.807, 2.05) is 0 Å². The average Bonchev–Trinajstić information content (AvgIpc) is 2.39. The maximum Gasteiger partial charge on any atom is 0.305 e. The zero-order chi connectivity index (χ0) is 16.1. The molecule has 0 bridgehead atoms. The number of ether oxygens (including phenoxy) is 4. The van der Waals surface area contributed by atoms with Crippen molar-refractivity contribution in [3.05, 3.63) is 37.5 Å². The smallest absolute Gasteiger partial charge is 0.305 e. The van der Waals surface area contributed by atoms with Crippen LogP contribution in [-0.4, -0.2) is 44.2 Å². The van der Waals surface area contributed by atoms with E-state index < -0.39 is 24.3 Å². The average molecular weight is 298 g/mol. The molecule has 0 unspecified atom stereocenters. The molecule has 0 fully saturated rings. The lowest BCUT2D eigenvalue weighted by Crippen LogP contribution is -2.23. The molecule has 0 saturated carbocycles. The van der Waals surface area contributed by atoms with Crippen molar-refractivity contribution in [2.45, 2.75) is 26.2 Å². The van der Waals surface area contributed by atoms with E-state index in [-0.39, 0.29) is 6.61 Å². The summed E-state index contributed by atoms with van der Waals surface area (Å²) in [7, 11) is 0. The van der Waals surface area contributed by atoms with Crippen LogP contribution >= 0.6 is 0 Å². The Morgan fingerprint density at radius 1 is 1.00 bits per heavy atom. The van der Waals surface area contributed by atoms with E-state index >= 15 is 0 Å². The number of hydrogen-bond donors (Lipinski definition) is 0. The molecule has 0 aliphatic rings. The monoisotopic (exact) mass is 298 g/mol. The minimum atomic E-state index is -1.09. The number of rotatable bonds is 11. The van der Waals surface area contributed by atoms with Gasteiger partial charge >= 0.3 is 11.9 Å². The molecule has 0 aliphatic heterocycles. The van der Waals surface area contributed by atoms with Crippen LogP contribution in [0.3, 0.4) is 0 Å². The van der Waals surface area contributed by atoms with Gasteiger partial charge in [0, 0.05) is 13.8 Å². The fourth-order valence-electron chi connectivity index (χ4n) is 1.26. The highest BCUT2D eigenvalue weighted by molar-refractivity contribution is 5.68. The summed E-state index contributed by atoms with van der Waals surface area (Å²) in [6.07, 6.45) is 4.77. The van der Waals surface area contributed by atoms with Crippen LogP contribution in [0.1, 0.15) is 13.8 Å². The molecule has 0 amide bonds. The van der Waals surface area contributed by atoms with Gasteiger partial charge in [-0.3, -0.25) is 9.59 Å². The van der Waals surface area contributed by atoms with Gasteiger partial charge in [0.1, 0.15) is 0 Å². The lowest BCUT2D eigenvalue weighted by atomic mass is 10.3. The minimum absolute atomic E-state index is 0.281. The van der Waals surface area contributed by atoms with Gasteiger partial charge in [-0.2, -0.15) is 0 Å². The van der Waals surface area contributed by atoms with Crippen molar-refractivity contribution >= 4 is 11.9 Å². The molecule has 118 valence electrons. The fourth-order valence-corrected chi connectivity index (χ4v) is 1.26. The Morgan fingerprint density at radius 3 is 2.05 bits per heavy atom. The maximum atomic E-state index is 10.9. The summed E-state index contributed by atoms with van der Waals surface area (Å²) in [6, 6.07) is 0. The van der Waals surface area contributed by atoms with Gasteiger partial charge in [0.25, 0.3) is 6.29 Å².